The van der Waals surface area contributed by atoms with E-state index in [0.29, 0.717) is 17.8 Å². The highest BCUT2D eigenvalue weighted by Crippen LogP contribution is 2.57. The van der Waals surface area contributed by atoms with Gasteiger partial charge in [0.05, 0.1) is 6.04 Å². The third kappa shape index (κ3) is 1.47. The Morgan fingerprint density at radius 3 is 2.06 bits per heavy atom. The molecule has 0 heterocycles. The molecule has 1 unspecified atom stereocenters. The Morgan fingerprint density at radius 2 is 1.62 bits per heavy atom. The first kappa shape index (κ1) is 10.5. The van der Waals surface area contributed by atoms with Crippen LogP contribution in [0.1, 0.15) is 32.1 Å². The third-order valence-electron chi connectivity index (χ3n) is 5.13. The van der Waals surface area contributed by atoms with Crippen molar-refractivity contribution in [3.8, 4) is 0 Å². The molecule has 0 radical (unpaired) electrons. The zero-order chi connectivity index (χ0) is 11.3. The van der Waals surface area contributed by atoms with E-state index < -0.39 is 11.9 Å². The van der Waals surface area contributed by atoms with Gasteiger partial charge in [0.1, 0.15) is 0 Å². The van der Waals surface area contributed by atoms with Gasteiger partial charge in [0, 0.05) is 0 Å². The first-order valence-electron chi connectivity index (χ1n) is 6.38. The number of rotatable bonds is 2. The van der Waals surface area contributed by atoms with Gasteiger partial charge in [0.2, 0.25) is 0 Å². The molecular formula is C12H20N2O2. The van der Waals surface area contributed by atoms with E-state index in [1.54, 1.807) is 5.48 Å². The summed E-state index contributed by atoms with van der Waals surface area (Å²) >= 11 is 0. The molecule has 0 aromatic carbocycles. The molecule has 4 nitrogen and oxygen atoms in total. The lowest BCUT2D eigenvalue weighted by atomic mass is 9.50. The molecule has 4 rings (SSSR count). The van der Waals surface area contributed by atoms with Gasteiger partial charge >= 0.3 is 0 Å². The number of carbonyl (C=O) groups is 1. The van der Waals surface area contributed by atoms with Gasteiger partial charge in [-0.3, -0.25) is 10.0 Å². The van der Waals surface area contributed by atoms with Crippen LogP contribution in [-0.4, -0.2) is 17.2 Å². The van der Waals surface area contributed by atoms with Crippen molar-refractivity contribution >= 4 is 5.91 Å². The van der Waals surface area contributed by atoms with E-state index in [0.717, 1.165) is 11.8 Å². The van der Waals surface area contributed by atoms with Crippen LogP contribution < -0.4 is 11.2 Å². The first-order chi connectivity index (χ1) is 7.69. The molecule has 16 heavy (non-hydrogen) atoms. The minimum atomic E-state index is -0.514. The normalized spacial score (nSPS) is 46.8. The van der Waals surface area contributed by atoms with Gasteiger partial charge < -0.3 is 5.73 Å². The van der Waals surface area contributed by atoms with Crippen LogP contribution in [0.3, 0.4) is 0 Å². The molecule has 0 aromatic heterocycles. The van der Waals surface area contributed by atoms with Crippen LogP contribution in [0, 0.1) is 29.6 Å². The van der Waals surface area contributed by atoms with E-state index in [4.69, 9.17) is 10.9 Å². The summed E-state index contributed by atoms with van der Waals surface area (Å²) in [5.74, 6) is 2.94. The smallest absolute Gasteiger partial charge is 0.260 e. The van der Waals surface area contributed by atoms with Crippen LogP contribution in [0.15, 0.2) is 0 Å². The van der Waals surface area contributed by atoms with E-state index in [1.165, 1.54) is 32.1 Å². The van der Waals surface area contributed by atoms with Crippen molar-refractivity contribution < 1.29 is 10.0 Å². The highest BCUT2D eigenvalue weighted by atomic mass is 16.5. The lowest BCUT2D eigenvalue weighted by Crippen LogP contribution is -2.56. The molecule has 0 aliphatic heterocycles. The second-order valence-corrected chi connectivity index (χ2v) is 6.01. The zero-order valence-corrected chi connectivity index (χ0v) is 9.43. The highest BCUT2D eigenvalue weighted by molar-refractivity contribution is 5.80. The fourth-order valence-corrected chi connectivity index (χ4v) is 4.80. The summed E-state index contributed by atoms with van der Waals surface area (Å²) in [4.78, 5) is 11.4. The van der Waals surface area contributed by atoms with Crippen LogP contribution in [0.2, 0.25) is 0 Å². The lowest BCUT2D eigenvalue weighted by Gasteiger charge is -2.55. The summed E-state index contributed by atoms with van der Waals surface area (Å²) in [5.41, 5.74) is 7.69. The predicted molar refractivity (Wildman–Crippen MR) is 58.4 cm³/mol. The topological polar surface area (TPSA) is 75.4 Å². The summed E-state index contributed by atoms with van der Waals surface area (Å²) in [7, 11) is 0. The second kappa shape index (κ2) is 3.70. The molecule has 4 bridgehead atoms. The first-order valence-corrected chi connectivity index (χ1v) is 6.38. The molecule has 1 atom stereocenters. The summed E-state index contributed by atoms with van der Waals surface area (Å²) in [6, 6.07) is -0.514. The van der Waals surface area contributed by atoms with E-state index >= 15 is 0 Å². The number of hydroxylamine groups is 1. The van der Waals surface area contributed by atoms with Gasteiger partial charge in [0.15, 0.2) is 0 Å². The number of hydrogen-bond donors (Lipinski definition) is 3. The number of hydrogen-bond acceptors (Lipinski definition) is 3. The molecule has 0 aromatic rings. The SMILES string of the molecule is NC(C(=O)NO)C1C2CC3CC(C2)CC1C3. The van der Waals surface area contributed by atoms with Gasteiger partial charge in [0.25, 0.3) is 5.91 Å². The molecule has 4 N–H and O–H groups in total. The maximum atomic E-state index is 11.4. The average Bonchev–Trinajstić information content (AvgIpc) is 2.26. The molecule has 4 aliphatic rings. The molecule has 4 fully saturated rings. The molecule has 0 spiro atoms. The molecule has 4 heteroatoms. The quantitative estimate of drug-likeness (QED) is 0.481. The number of nitrogens with one attached hydrogen (secondary N) is 1. The molecular weight excluding hydrogens is 204 g/mol. The monoisotopic (exact) mass is 224 g/mol. The Balaban J connectivity index is 1.78. The Bertz CT molecular complexity index is 277. The summed E-state index contributed by atoms with van der Waals surface area (Å²) < 4.78 is 0. The molecule has 4 aliphatic carbocycles. The van der Waals surface area contributed by atoms with Crippen LogP contribution in [0.25, 0.3) is 0 Å². The van der Waals surface area contributed by atoms with Crippen LogP contribution >= 0.6 is 0 Å². The van der Waals surface area contributed by atoms with E-state index in [9.17, 15) is 4.79 Å². The molecule has 1 amide bonds. The van der Waals surface area contributed by atoms with Crippen molar-refractivity contribution in [1.82, 2.24) is 5.48 Å². The van der Waals surface area contributed by atoms with Crippen LogP contribution in [0.5, 0.6) is 0 Å². The highest BCUT2D eigenvalue weighted by Gasteiger charge is 2.51. The van der Waals surface area contributed by atoms with Gasteiger partial charge in [-0.2, -0.15) is 0 Å². The maximum Gasteiger partial charge on any atom is 0.260 e. The van der Waals surface area contributed by atoms with Crippen LogP contribution in [0.4, 0.5) is 0 Å². The van der Waals surface area contributed by atoms with E-state index in [1.807, 2.05) is 0 Å². The van der Waals surface area contributed by atoms with Crippen molar-refractivity contribution in [3.05, 3.63) is 0 Å². The van der Waals surface area contributed by atoms with Crippen LogP contribution in [-0.2, 0) is 4.79 Å². The van der Waals surface area contributed by atoms with Crippen molar-refractivity contribution in [1.29, 1.82) is 0 Å². The minimum Gasteiger partial charge on any atom is -0.320 e. The summed E-state index contributed by atoms with van der Waals surface area (Å²) in [6.07, 6.45) is 6.42. The van der Waals surface area contributed by atoms with Gasteiger partial charge in [-0.15, -0.1) is 0 Å². The van der Waals surface area contributed by atoms with Gasteiger partial charge in [-0.05, 0) is 61.7 Å². The average molecular weight is 224 g/mol. The van der Waals surface area contributed by atoms with Gasteiger partial charge in [-0.25, -0.2) is 5.48 Å². The van der Waals surface area contributed by atoms with Crippen molar-refractivity contribution in [2.75, 3.05) is 0 Å². The Labute approximate surface area is 95.5 Å². The zero-order valence-electron chi connectivity index (χ0n) is 9.43. The molecule has 4 saturated carbocycles. The summed E-state index contributed by atoms with van der Waals surface area (Å²) in [5, 5.41) is 8.68. The molecule has 90 valence electrons. The number of nitrogens with two attached hydrogens (primary N) is 1. The Hall–Kier alpha value is -0.610. The summed E-state index contributed by atoms with van der Waals surface area (Å²) in [6.45, 7) is 0. The third-order valence-corrected chi connectivity index (χ3v) is 5.13. The number of carbonyl (C=O) groups excluding carboxylic acids is 1. The fraction of sp³-hybridized carbons (Fsp3) is 0.917. The fourth-order valence-electron chi connectivity index (χ4n) is 4.80. The van der Waals surface area contributed by atoms with Crippen molar-refractivity contribution in [3.63, 3.8) is 0 Å². The maximum absolute atomic E-state index is 11.4. The van der Waals surface area contributed by atoms with E-state index in [-0.39, 0.29) is 0 Å². The molecule has 0 saturated heterocycles. The predicted octanol–water partition coefficient (Wildman–Crippen LogP) is 0.891. The largest absolute Gasteiger partial charge is 0.320 e. The second-order valence-electron chi connectivity index (χ2n) is 6.01. The van der Waals surface area contributed by atoms with Crippen molar-refractivity contribution in [2.24, 2.45) is 35.3 Å². The minimum absolute atomic E-state index is 0.306. The standard InChI is InChI=1S/C12H20N2O2/c13-11(12(15)14-16)10-8-2-6-1-7(4-8)5-9(10)3-6/h6-11,16H,1-5,13H2,(H,14,15). The van der Waals surface area contributed by atoms with Crippen molar-refractivity contribution in [2.45, 2.75) is 38.1 Å². The lowest BCUT2D eigenvalue weighted by molar-refractivity contribution is -0.136. The number of amides is 1. The van der Waals surface area contributed by atoms with E-state index in [2.05, 4.69) is 0 Å². The Morgan fingerprint density at radius 1 is 1.12 bits per heavy atom. The van der Waals surface area contributed by atoms with Gasteiger partial charge in [-0.1, -0.05) is 0 Å². The Kier molecular flexibility index (Phi) is 2.44.